The minimum atomic E-state index is -1.02. The number of aromatic nitrogens is 1. The standard InChI is InChI=1S/C18H22N2O3S/c1-13(6-5-9-14-7-3-2-4-8-14)17(21)19-11-10-16-20-15(12-24-16)18(22)23/h2-4,7-8,12-13H,5-6,9-11H2,1H3,(H,19,21)(H,22,23). The van der Waals surface area contributed by atoms with E-state index in [1.165, 1.54) is 22.3 Å². The summed E-state index contributed by atoms with van der Waals surface area (Å²) >= 11 is 1.31. The molecule has 0 radical (unpaired) electrons. The zero-order valence-corrected chi connectivity index (χ0v) is 14.5. The number of amides is 1. The smallest absolute Gasteiger partial charge is 0.355 e. The van der Waals surface area contributed by atoms with E-state index in [0.29, 0.717) is 13.0 Å². The number of nitrogens with zero attached hydrogens (tertiary/aromatic N) is 1. The lowest BCUT2D eigenvalue weighted by Gasteiger charge is -2.11. The lowest BCUT2D eigenvalue weighted by molar-refractivity contribution is -0.124. The van der Waals surface area contributed by atoms with Gasteiger partial charge < -0.3 is 10.4 Å². The Morgan fingerprint density at radius 2 is 2.00 bits per heavy atom. The Balaban J connectivity index is 1.65. The van der Waals surface area contributed by atoms with Crippen LogP contribution in [0, 0.1) is 5.92 Å². The van der Waals surface area contributed by atoms with Crippen LogP contribution in [0.1, 0.15) is 40.8 Å². The molecule has 0 fully saturated rings. The zero-order chi connectivity index (χ0) is 17.4. The molecule has 2 rings (SSSR count). The van der Waals surface area contributed by atoms with Gasteiger partial charge in [-0.3, -0.25) is 4.79 Å². The van der Waals surface area contributed by atoms with E-state index >= 15 is 0 Å². The first-order valence-electron chi connectivity index (χ1n) is 8.05. The Hall–Kier alpha value is -2.21. The maximum absolute atomic E-state index is 12.1. The number of thiazole rings is 1. The summed E-state index contributed by atoms with van der Waals surface area (Å²) in [6.45, 7) is 2.42. The second kappa shape index (κ2) is 9.17. The normalized spacial score (nSPS) is 11.9. The van der Waals surface area contributed by atoms with Crippen molar-refractivity contribution in [2.24, 2.45) is 5.92 Å². The number of nitrogens with one attached hydrogen (secondary N) is 1. The molecule has 0 bridgehead atoms. The van der Waals surface area contributed by atoms with E-state index in [4.69, 9.17) is 5.11 Å². The summed E-state index contributed by atoms with van der Waals surface area (Å²) in [5.41, 5.74) is 1.36. The van der Waals surface area contributed by atoms with Crippen LogP contribution < -0.4 is 5.32 Å². The van der Waals surface area contributed by atoms with Crippen LogP contribution in [-0.2, 0) is 17.6 Å². The molecule has 0 aliphatic carbocycles. The zero-order valence-electron chi connectivity index (χ0n) is 13.7. The highest BCUT2D eigenvalue weighted by molar-refractivity contribution is 7.09. The number of carbonyl (C=O) groups is 2. The Morgan fingerprint density at radius 1 is 1.25 bits per heavy atom. The van der Waals surface area contributed by atoms with Crippen molar-refractivity contribution in [1.29, 1.82) is 0 Å². The number of carbonyl (C=O) groups excluding carboxylic acids is 1. The summed E-state index contributed by atoms with van der Waals surface area (Å²) in [5.74, 6) is -1.01. The highest BCUT2D eigenvalue weighted by atomic mass is 32.1. The molecule has 0 spiro atoms. The molecule has 5 nitrogen and oxygen atoms in total. The predicted molar refractivity (Wildman–Crippen MR) is 94.3 cm³/mol. The minimum Gasteiger partial charge on any atom is -0.476 e. The van der Waals surface area contributed by atoms with E-state index in [1.54, 1.807) is 0 Å². The van der Waals surface area contributed by atoms with E-state index in [0.717, 1.165) is 24.3 Å². The number of rotatable bonds is 9. The van der Waals surface area contributed by atoms with Crippen LogP contribution in [0.2, 0.25) is 0 Å². The van der Waals surface area contributed by atoms with Gasteiger partial charge in [0.1, 0.15) is 0 Å². The molecule has 1 heterocycles. The molecule has 2 aromatic rings. The van der Waals surface area contributed by atoms with Gasteiger partial charge in [-0.05, 0) is 24.8 Å². The van der Waals surface area contributed by atoms with E-state index in [-0.39, 0.29) is 17.5 Å². The van der Waals surface area contributed by atoms with Gasteiger partial charge in [-0.1, -0.05) is 37.3 Å². The largest absolute Gasteiger partial charge is 0.476 e. The third-order valence-electron chi connectivity index (χ3n) is 3.80. The molecule has 1 aromatic carbocycles. The summed E-state index contributed by atoms with van der Waals surface area (Å²) in [4.78, 5) is 26.8. The molecule has 0 aliphatic heterocycles. The van der Waals surface area contributed by atoms with Crippen molar-refractivity contribution in [1.82, 2.24) is 10.3 Å². The quantitative estimate of drug-likeness (QED) is 0.731. The summed E-state index contributed by atoms with van der Waals surface area (Å²) in [6.07, 6.45) is 3.37. The lowest BCUT2D eigenvalue weighted by atomic mass is 10.0. The Labute approximate surface area is 145 Å². The lowest BCUT2D eigenvalue weighted by Crippen LogP contribution is -2.31. The van der Waals surface area contributed by atoms with Gasteiger partial charge in [0.15, 0.2) is 5.69 Å². The molecule has 1 aromatic heterocycles. The molecule has 1 unspecified atom stereocenters. The molecule has 128 valence electrons. The minimum absolute atomic E-state index is 0.0282. The van der Waals surface area contributed by atoms with Gasteiger partial charge >= 0.3 is 5.97 Å². The van der Waals surface area contributed by atoms with Crippen LogP contribution in [0.25, 0.3) is 0 Å². The molecule has 0 saturated heterocycles. The second-order valence-electron chi connectivity index (χ2n) is 5.75. The maximum Gasteiger partial charge on any atom is 0.355 e. The Bertz CT molecular complexity index is 670. The van der Waals surface area contributed by atoms with Crippen LogP contribution in [0.4, 0.5) is 0 Å². The number of aryl methyl sites for hydroxylation is 1. The van der Waals surface area contributed by atoms with E-state index in [2.05, 4.69) is 22.4 Å². The average molecular weight is 346 g/mol. The van der Waals surface area contributed by atoms with Crippen molar-refractivity contribution in [2.45, 2.75) is 32.6 Å². The molecule has 1 atom stereocenters. The van der Waals surface area contributed by atoms with E-state index < -0.39 is 5.97 Å². The van der Waals surface area contributed by atoms with Gasteiger partial charge in [-0.2, -0.15) is 0 Å². The van der Waals surface area contributed by atoms with Crippen molar-refractivity contribution in [3.63, 3.8) is 0 Å². The fraction of sp³-hybridized carbons (Fsp3) is 0.389. The number of benzene rings is 1. The van der Waals surface area contributed by atoms with Gasteiger partial charge in [-0.25, -0.2) is 9.78 Å². The molecule has 24 heavy (non-hydrogen) atoms. The SMILES string of the molecule is CC(CCCc1ccccc1)C(=O)NCCc1nc(C(=O)O)cs1. The monoisotopic (exact) mass is 346 g/mol. The molecular formula is C18H22N2O3S. The molecule has 2 N–H and O–H groups in total. The third-order valence-corrected chi connectivity index (χ3v) is 4.71. The predicted octanol–water partition coefficient (Wildman–Crippen LogP) is 3.16. The second-order valence-corrected chi connectivity index (χ2v) is 6.69. The van der Waals surface area contributed by atoms with Crippen molar-refractivity contribution in [3.8, 4) is 0 Å². The first-order valence-corrected chi connectivity index (χ1v) is 8.93. The van der Waals surface area contributed by atoms with Crippen LogP contribution >= 0.6 is 11.3 Å². The summed E-state index contributed by atoms with van der Waals surface area (Å²) in [5, 5.41) is 14.0. The Kier molecular flexibility index (Phi) is 6.93. The first-order chi connectivity index (χ1) is 11.6. The number of carboxylic acids is 1. The number of aromatic carboxylic acids is 1. The van der Waals surface area contributed by atoms with Crippen molar-refractivity contribution < 1.29 is 14.7 Å². The van der Waals surface area contributed by atoms with Crippen LogP contribution in [0.5, 0.6) is 0 Å². The van der Waals surface area contributed by atoms with Gasteiger partial charge in [-0.15, -0.1) is 11.3 Å². The maximum atomic E-state index is 12.1. The van der Waals surface area contributed by atoms with Crippen molar-refractivity contribution in [2.75, 3.05) is 6.54 Å². The van der Waals surface area contributed by atoms with E-state index in [9.17, 15) is 9.59 Å². The number of hydrogen-bond acceptors (Lipinski definition) is 4. The van der Waals surface area contributed by atoms with Crippen LogP contribution in [0.3, 0.4) is 0 Å². The summed E-state index contributed by atoms with van der Waals surface area (Å²) in [7, 11) is 0. The van der Waals surface area contributed by atoms with Gasteiger partial charge in [0, 0.05) is 24.3 Å². The van der Waals surface area contributed by atoms with Gasteiger partial charge in [0.05, 0.1) is 5.01 Å². The molecule has 0 aliphatic rings. The molecular weight excluding hydrogens is 324 g/mol. The summed E-state index contributed by atoms with van der Waals surface area (Å²) in [6, 6.07) is 10.3. The van der Waals surface area contributed by atoms with Crippen molar-refractivity contribution in [3.05, 3.63) is 52.0 Å². The topological polar surface area (TPSA) is 79.3 Å². The van der Waals surface area contributed by atoms with Crippen molar-refractivity contribution >= 4 is 23.2 Å². The third kappa shape index (κ3) is 5.77. The number of carboxylic acid groups (broad SMARTS) is 1. The Morgan fingerprint density at radius 3 is 2.67 bits per heavy atom. The highest BCUT2D eigenvalue weighted by Crippen LogP contribution is 2.12. The molecule has 0 saturated carbocycles. The fourth-order valence-corrected chi connectivity index (χ4v) is 3.15. The van der Waals surface area contributed by atoms with Gasteiger partial charge in [0.2, 0.25) is 5.91 Å². The average Bonchev–Trinajstić information content (AvgIpc) is 3.05. The first kappa shape index (κ1) is 18.1. The molecule has 6 heteroatoms. The molecule has 1 amide bonds. The van der Waals surface area contributed by atoms with E-state index in [1.807, 2.05) is 25.1 Å². The summed E-state index contributed by atoms with van der Waals surface area (Å²) < 4.78 is 0. The van der Waals surface area contributed by atoms with Crippen LogP contribution in [0.15, 0.2) is 35.7 Å². The van der Waals surface area contributed by atoms with Crippen LogP contribution in [-0.4, -0.2) is 28.5 Å². The fourth-order valence-electron chi connectivity index (χ4n) is 2.38. The highest BCUT2D eigenvalue weighted by Gasteiger charge is 2.13. The van der Waals surface area contributed by atoms with Gasteiger partial charge in [0.25, 0.3) is 0 Å². The number of hydrogen-bond donors (Lipinski definition) is 2.